The van der Waals surface area contributed by atoms with Crippen LogP contribution in [0.3, 0.4) is 0 Å². The number of nitrogens with zero attached hydrogens (tertiary/aromatic N) is 2. The Kier molecular flexibility index (Phi) is 4.54. The van der Waals surface area contributed by atoms with Crippen molar-refractivity contribution in [2.75, 3.05) is 31.1 Å². The number of aliphatic hydroxyl groups is 1. The molecule has 1 aliphatic heterocycles. The van der Waals surface area contributed by atoms with Crippen molar-refractivity contribution in [3.05, 3.63) is 65.7 Å². The number of anilines is 1. The molecule has 1 N–H and O–H groups in total. The molecule has 1 saturated carbocycles. The van der Waals surface area contributed by atoms with E-state index >= 15 is 0 Å². The second-order valence-corrected chi connectivity index (χ2v) is 7.02. The van der Waals surface area contributed by atoms with Crippen LogP contribution in [-0.2, 0) is 0 Å². The first-order chi connectivity index (χ1) is 11.8. The van der Waals surface area contributed by atoms with E-state index in [1.807, 2.05) is 36.4 Å². The first kappa shape index (κ1) is 15.7. The quantitative estimate of drug-likeness (QED) is 0.934. The number of rotatable bonds is 4. The highest BCUT2D eigenvalue weighted by atomic mass is 16.3. The van der Waals surface area contributed by atoms with Gasteiger partial charge in [-0.15, -0.1) is 0 Å². The van der Waals surface area contributed by atoms with Crippen molar-refractivity contribution in [1.29, 1.82) is 0 Å². The fraction of sp³-hybridized carbons (Fsp3) is 0.429. The largest absolute Gasteiger partial charge is 0.384 e. The molecule has 126 valence electrons. The van der Waals surface area contributed by atoms with Crippen LogP contribution >= 0.6 is 0 Å². The molecule has 2 aromatic rings. The Labute approximate surface area is 144 Å². The third-order valence-electron chi connectivity index (χ3n) is 5.57. The van der Waals surface area contributed by atoms with Crippen LogP contribution in [0.2, 0.25) is 0 Å². The maximum atomic E-state index is 10.6. The molecule has 1 aliphatic carbocycles. The van der Waals surface area contributed by atoms with Crippen LogP contribution in [0, 0.1) is 0 Å². The van der Waals surface area contributed by atoms with E-state index in [1.165, 1.54) is 24.9 Å². The molecule has 3 nitrogen and oxygen atoms in total. The molecule has 1 unspecified atom stereocenters. The summed E-state index contributed by atoms with van der Waals surface area (Å²) >= 11 is 0. The van der Waals surface area contributed by atoms with Crippen LogP contribution in [-0.4, -0.2) is 42.2 Å². The van der Waals surface area contributed by atoms with Gasteiger partial charge in [0.2, 0.25) is 0 Å². The zero-order valence-corrected chi connectivity index (χ0v) is 14.1. The molecule has 0 spiro atoms. The van der Waals surface area contributed by atoms with Gasteiger partial charge in [-0.2, -0.15) is 0 Å². The number of piperazine rings is 1. The second-order valence-electron chi connectivity index (χ2n) is 7.02. The van der Waals surface area contributed by atoms with E-state index in [2.05, 4.69) is 28.0 Å². The molecule has 1 heterocycles. The Morgan fingerprint density at radius 1 is 0.833 bits per heavy atom. The molecule has 24 heavy (non-hydrogen) atoms. The summed E-state index contributed by atoms with van der Waals surface area (Å²) in [4.78, 5) is 5.11. The fourth-order valence-electron chi connectivity index (χ4n) is 3.82. The SMILES string of the molecule is OC(c1ccccc1)c1cccc(N2CCN(C3CCC3)CC2)c1. The van der Waals surface area contributed by atoms with Crippen LogP contribution in [0.1, 0.15) is 36.5 Å². The first-order valence-corrected chi connectivity index (χ1v) is 9.13. The fourth-order valence-corrected chi connectivity index (χ4v) is 3.82. The highest BCUT2D eigenvalue weighted by Crippen LogP contribution is 2.29. The third kappa shape index (κ3) is 3.19. The number of hydrogen-bond acceptors (Lipinski definition) is 3. The van der Waals surface area contributed by atoms with Crippen LogP contribution in [0.4, 0.5) is 5.69 Å². The van der Waals surface area contributed by atoms with Crippen molar-refractivity contribution in [2.45, 2.75) is 31.4 Å². The van der Waals surface area contributed by atoms with Crippen molar-refractivity contribution < 1.29 is 5.11 Å². The Balaban J connectivity index is 1.45. The minimum absolute atomic E-state index is 0.553. The van der Waals surface area contributed by atoms with Gasteiger partial charge in [0, 0.05) is 37.9 Å². The highest BCUT2D eigenvalue weighted by Gasteiger charge is 2.28. The Hall–Kier alpha value is -1.84. The predicted molar refractivity (Wildman–Crippen MR) is 98.4 cm³/mol. The van der Waals surface area contributed by atoms with E-state index in [1.54, 1.807) is 0 Å². The van der Waals surface area contributed by atoms with Crippen LogP contribution < -0.4 is 4.90 Å². The summed E-state index contributed by atoms with van der Waals surface area (Å²) in [5, 5.41) is 10.6. The van der Waals surface area contributed by atoms with Gasteiger partial charge >= 0.3 is 0 Å². The molecular formula is C21H26N2O. The second kappa shape index (κ2) is 6.96. The molecular weight excluding hydrogens is 296 g/mol. The third-order valence-corrected chi connectivity index (χ3v) is 5.57. The summed E-state index contributed by atoms with van der Waals surface area (Å²) in [6.07, 6.45) is 3.63. The van der Waals surface area contributed by atoms with Crippen molar-refractivity contribution in [3.8, 4) is 0 Å². The van der Waals surface area contributed by atoms with Crippen LogP contribution in [0.15, 0.2) is 54.6 Å². The van der Waals surface area contributed by atoms with Gasteiger partial charge in [-0.3, -0.25) is 4.90 Å². The maximum Gasteiger partial charge on any atom is 0.104 e. The predicted octanol–water partition coefficient (Wildman–Crippen LogP) is 3.44. The highest BCUT2D eigenvalue weighted by molar-refractivity contribution is 5.50. The number of benzene rings is 2. The molecule has 3 heteroatoms. The van der Waals surface area contributed by atoms with E-state index in [0.29, 0.717) is 0 Å². The van der Waals surface area contributed by atoms with Crippen molar-refractivity contribution >= 4 is 5.69 Å². The maximum absolute atomic E-state index is 10.6. The van der Waals surface area contributed by atoms with Gasteiger partial charge in [-0.1, -0.05) is 48.9 Å². The lowest BCUT2D eigenvalue weighted by Crippen LogP contribution is -2.52. The average Bonchev–Trinajstić information content (AvgIpc) is 2.61. The monoisotopic (exact) mass is 322 g/mol. The Morgan fingerprint density at radius 2 is 1.54 bits per heavy atom. The van der Waals surface area contributed by atoms with Gasteiger partial charge in [0.25, 0.3) is 0 Å². The minimum atomic E-state index is -0.553. The van der Waals surface area contributed by atoms with E-state index in [4.69, 9.17) is 0 Å². The van der Waals surface area contributed by atoms with E-state index in [-0.39, 0.29) is 0 Å². The summed E-state index contributed by atoms with van der Waals surface area (Å²) < 4.78 is 0. The molecule has 0 aromatic heterocycles. The van der Waals surface area contributed by atoms with Gasteiger partial charge in [0.05, 0.1) is 0 Å². The summed E-state index contributed by atoms with van der Waals surface area (Å²) in [5.74, 6) is 0. The van der Waals surface area contributed by atoms with E-state index in [0.717, 1.165) is 43.3 Å². The molecule has 2 fully saturated rings. The van der Waals surface area contributed by atoms with Gasteiger partial charge in [0.1, 0.15) is 6.10 Å². The molecule has 0 amide bonds. The van der Waals surface area contributed by atoms with Crippen molar-refractivity contribution in [3.63, 3.8) is 0 Å². The standard InChI is InChI=1S/C21H26N2O/c24-21(17-6-2-1-3-7-17)18-8-4-11-20(16-18)23-14-12-22(13-15-23)19-9-5-10-19/h1-4,6-8,11,16,19,21,24H,5,9-10,12-15H2. The lowest BCUT2D eigenvalue weighted by Gasteiger charge is -2.43. The lowest BCUT2D eigenvalue weighted by atomic mass is 9.91. The van der Waals surface area contributed by atoms with Gasteiger partial charge < -0.3 is 10.0 Å². The van der Waals surface area contributed by atoms with Crippen molar-refractivity contribution in [1.82, 2.24) is 4.90 Å². The minimum Gasteiger partial charge on any atom is -0.384 e. The topological polar surface area (TPSA) is 26.7 Å². The smallest absolute Gasteiger partial charge is 0.104 e. The first-order valence-electron chi connectivity index (χ1n) is 9.13. The molecule has 1 atom stereocenters. The summed E-state index contributed by atoms with van der Waals surface area (Å²) in [7, 11) is 0. The zero-order valence-electron chi connectivity index (χ0n) is 14.1. The van der Waals surface area contributed by atoms with Gasteiger partial charge in [-0.05, 0) is 36.1 Å². The summed E-state index contributed by atoms with van der Waals surface area (Å²) in [6.45, 7) is 4.50. The zero-order chi connectivity index (χ0) is 16.4. The van der Waals surface area contributed by atoms with E-state index < -0.39 is 6.10 Å². The van der Waals surface area contributed by atoms with Gasteiger partial charge in [-0.25, -0.2) is 0 Å². The Bertz CT molecular complexity index is 661. The molecule has 2 aliphatic rings. The molecule has 0 radical (unpaired) electrons. The Morgan fingerprint density at radius 3 is 2.21 bits per heavy atom. The van der Waals surface area contributed by atoms with Crippen LogP contribution in [0.5, 0.6) is 0 Å². The lowest BCUT2D eigenvalue weighted by molar-refractivity contribution is 0.120. The van der Waals surface area contributed by atoms with Crippen molar-refractivity contribution in [2.24, 2.45) is 0 Å². The van der Waals surface area contributed by atoms with Crippen LogP contribution in [0.25, 0.3) is 0 Å². The molecule has 2 aromatic carbocycles. The number of hydrogen-bond donors (Lipinski definition) is 1. The number of aliphatic hydroxyl groups excluding tert-OH is 1. The average molecular weight is 322 g/mol. The summed E-state index contributed by atoms with van der Waals surface area (Å²) in [6, 6.07) is 19.1. The normalized spacial score (nSPS) is 20.6. The van der Waals surface area contributed by atoms with E-state index in [9.17, 15) is 5.11 Å². The molecule has 0 bridgehead atoms. The molecule has 4 rings (SSSR count). The summed E-state index contributed by atoms with van der Waals surface area (Å²) in [5.41, 5.74) is 3.15. The molecule has 1 saturated heterocycles. The van der Waals surface area contributed by atoms with Gasteiger partial charge in [0.15, 0.2) is 0 Å².